The van der Waals surface area contributed by atoms with Crippen LogP contribution in [0.25, 0.3) is 0 Å². The van der Waals surface area contributed by atoms with Crippen LogP contribution in [0, 0.1) is 6.92 Å². The minimum atomic E-state index is -0.138. The predicted molar refractivity (Wildman–Crippen MR) is 128 cm³/mol. The summed E-state index contributed by atoms with van der Waals surface area (Å²) in [6, 6.07) is 15.3. The SMILES string of the molecule is C=CCn1c(CCCOc2ccccc2C)nnc1SCC(=O)Nc1ccccc1OC. The monoisotopic (exact) mass is 452 g/mol. The van der Waals surface area contributed by atoms with Crippen LogP contribution >= 0.6 is 11.8 Å². The summed E-state index contributed by atoms with van der Waals surface area (Å²) >= 11 is 1.34. The molecule has 0 bridgehead atoms. The van der Waals surface area contributed by atoms with Crippen LogP contribution < -0.4 is 14.8 Å². The highest BCUT2D eigenvalue weighted by Crippen LogP contribution is 2.24. The van der Waals surface area contributed by atoms with Crippen molar-refractivity contribution >= 4 is 23.4 Å². The van der Waals surface area contributed by atoms with Crippen molar-refractivity contribution in [2.24, 2.45) is 0 Å². The zero-order chi connectivity index (χ0) is 22.8. The molecule has 0 fully saturated rings. The van der Waals surface area contributed by atoms with Crippen molar-refractivity contribution in [3.05, 3.63) is 72.6 Å². The number of nitrogens with one attached hydrogen (secondary N) is 1. The van der Waals surface area contributed by atoms with E-state index in [1.165, 1.54) is 11.8 Å². The molecule has 0 aliphatic carbocycles. The first-order valence-electron chi connectivity index (χ1n) is 10.4. The van der Waals surface area contributed by atoms with Gasteiger partial charge in [-0.25, -0.2) is 0 Å². The van der Waals surface area contributed by atoms with E-state index in [0.29, 0.717) is 29.7 Å². The Balaban J connectivity index is 1.54. The van der Waals surface area contributed by atoms with Crippen LogP contribution in [0.4, 0.5) is 5.69 Å². The Morgan fingerprint density at radius 1 is 1.16 bits per heavy atom. The Morgan fingerprint density at radius 2 is 1.91 bits per heavy atom. The number of anilines is 1. The fraction of sp³-hybridized carbons (Fsp3) is 0.292. The Kier molecular flexibility index (Phi) is 8.74. The van der Waals surface area contributed by atoms with Crippen LogP contribution in [0.2, 0.25) is 0 Å². The third kappa shape index (κ3) is 6.37. The van der Waals surface area contributed by atoms with E-state index in [9.17, 15) is 4.79 Å². The topological polar surface area (TPSA) is 78.3 Å². The van der Waals surface area contributed by atoms with Gasteiger partial charge in [0.25, 0.3) is 0 Å². The van der Waals surface area contributed by atoms with Crippen LogP contribution in [0.15, 0.2) is 66.3 Å². The summed E-state index contributed by atoms with van der Waals surface area (Å²) in [6.45, 7) is 7.04. The predicted octanol–water partition coefficient (Wildman–Crippen LogP) is 4.52. The van der Waals surface area contributed by atoms with Crippen LogP contribution in [-0.2, 0) is 17.8 Å². The van der Waals surface area contributed by atoms with Gasteiger partial charge in [-0.3, -0.25) is 4.79 Å². The zero-order valence-corrected chi connectivity index (χ0v) is 19.2. The Labute approximate surface area is 192 Å². The smallest absolute Gasteiger partial charge is 0.234 e. The Morgan fingerprint density at radius 3 is 2.66 bits per heavy atom. The lowest BCUT2D eigenvalue weighted by Gasteiger charge is -2.11. The summed E-state index contributed by atoms with van der Waals surface area (Å²) in [7, 11) is 1.57. The molecule has 0 saturated heterocycles. The van der Waals surface area contributed by atoms with Gasteiger partial charge in [0.1, 0.15) is 17.3 Å². The highest BCUT2D eigenvalue weighted by Gasteiger charge is 2.14. The summed E-state index contributed by atoms with van der Waals surface area (Å²) < 4.78 is 13.1. The summed E-state index contributed by atoms with van der Waals surface area (Å²) in [6.07, 6.45) is 3.33. The van der Waals surface area contributed by atoms with E-state index in [1.54, 1.807) is 25.3 Å². The number of hydrogen-bond acceptors (Lipinski definition) is 6. The molecule has 0 atom stereocenters. The first-order chi connectivity index (χ1) is 15.6. The number of ether oxygens (including phenoxy) is 2. The number of allylic oxidation sites excluding steroid dienone is 1. The maximum atomic E-state index is 12.4. The van der Waals surface area contributed by atoms with Crippen LogP contribution in [0.5, 0.6) is 11.5 Å². The van der Waals surface area contributed by atoms with Crippen LogP contribution in [0.1, 0.15) is 17.8 Å². The number of hydrogen-bond donors (Lipinski definition) is 1. The summed E-state index contributed by atoms with van der Waals surface area (Å²) in [5, 5.41) is 12.2. The van der Waals surface area contributed by atoms with Gasteiger partial charge in [-0.2, -0.15) is 0 Å². The van der Waals surface area contributed by atoms with Crippen molar-refractivity contribution in [1.29, 1.82) is 0 Å². The first-order valence-corrected chi connectivity index (χ1v) is 11.4. The number of amides is 1. The second kappa shape index (κ2) is 12.0. The summed E-state index contributed by atoms with van der Waals surface area (Å²) in [4.78, 5) is 12.4. The molecule has 3 aromatic rings. The number of aryl methyl sites for hydroxylation is 2. The highest BCUT2D eigenvalue weighted by molar-refractivity contribution is 7.99. The molecule has 0 aliphatic rings. The number of rotatable bonds is 12. The average molecular weight is 453 g/mol. The molecule has 8 heteroatoms. The molecule has 0 radical (unpaired) electrons. The molecule has 1 amide bonds. The molecule has 3 rings (SSSR count). The van der Waals surface area contributed by atoms with Crippen molar-refractivity contribution < 1.29 is 14.3 Å². The first kappa shape index (κ1) is 23.4. The van der Waals surface area contributed by atoms with Crippen LogP contribution in [0.3, 0.4) is 0 Å². The van der Waals surface area contributed by atoms with Gasteiger partial charge in [-0.15, -0.1) is 16.8 Å². The fourth-order valence-electron chi connectivity index (χ4n) is 3.12. The van der Waals surface area contributed by atoms with E-state index in [0.717, 1.165) is 30.0 Å². The third-order valence-corrected chi connectivity index (χ3v) is 5.68. The quantitative estimate of drug-likeness (QED) is 0.247. The molecule has 0 spiro atoms. The van der Waals surface area contributed by atoms with Crippen LogP contribution in [-0.4, -0.2) is 40.1 Å². The van der Waals surface area contributed by atoms with E-state index in [4.69, 9.17) is 9.47 Å². The van der Waals surface area contributed by atoms with E-state index in [2.05, 4.69) is 22.1 Å². The van der Waals surface area contributed by atoms with Gasteiger partial charge in [0.15, 0.2) is 5.16 Å². The van der Waals surface area contributed by atoms with Gasteiger partial charge in [0.05, 0.1) is 25.2 Å². The molecular formula is C24H28N4O3S. The lowest BCUT2D eigenvalue weighted by atomic mass is 10.2. The van der Waals surface area contributed by atoms with Gasteiger partial charge >= 0.3 is 0 Å². The molecule has 1 aromatic heterocycles. The molecule has 1 N–H and O–H groups in total. The number of para-hydroxylation sites is 3. The molecule has 168 valence electrons. The molecule has 0 aliphatic heterocycles. The van der Waals surface area contributed by atoms with Gasteiger partial charge in [-0.05, 0) is 37.1 Å². The third-order valence-electron chi connectivity index (χ3n) is 4.71. The highest BCUT2D eigenvalue weighted by atomic mass is 32.2. The summed E-state index contributed by atoms with van der Waals surface area (Å²) in [5.74, 6) is 2.45. The van der Waals surface area contributed by atoms with E-state index in [1.807, 2.05) is 47.9 Å². The van der Waals surface area contributed by atoms with E-state index < -0.39 is 0 Å². The number of carbonyl (C=O) groups excluding carboxylic acids is 1. The van der Waals surface area contributed by atoms with Crippen molar-refractivity contribution in [2.45, 2.75) is 31.5 Å². The second-order valence-corrected chi connectivity index (χ2v) is 8.00. The summed E-state index contributed by atoms with van der Waals surface area (Å²) in [5.41, 5.74) is 1.76. The normalized spacial score (nSPS) is 10.6. The number of thioether (sulfide) groups is 1. The van der Waals surface area contributed by atoms with Crippen molar-refractivity contribution in [3.63, 3.8) is 0 Å². The molecule has 0 saturated carbocycles. The maximum Gasteiger partial charge on any atom is 0.234 e. The van der Waals surface area contributed by atoms with Gasteiger partial charge in [0, 0.05) is 13.0 Å². The number of carbonyl (C=O) groups is 1. The van der Waals surface area contributed by atoms with E-state index >= 15 is 0 Å². The molecule has 0 unspecified atom stereocenters. The Hall–Kier alpha value is -3.26. The standard InChI is InChI=1S/C24H28N4O3S/c1-4-15-28-22(14-9-16-31-20-12-7-5-10-18(20)2)26-27-24(28)32-17-23(29)25-19-11-6-8-13-21(19)30-3/h4-8,10-13H,1,9,14-17H2,2-3H3,(H,25,29). The lowest BCUT2D eigenvalue weighted by Crippen LogP contribution is -2.15. The average Bonchev–Trinajstić information content (AvgIpc) is 3.18. The Bertz CT molecular complexity index is 1050. The largest absolute Gasteiger partial charge is 0.495 e. The maximum absolute atomic E-state index is 12.4. The van der Waals surface area contributed by atoms with Gasteiger partial charge in [0.2, 0.25) is 5.91 Å². The number of aromatic nitrogens is 3. The zero-order valence-electron chi connectivity index (χ0n) is 18.4. The van der Waals surface area contributed by atoms with Gasteiger partial charge in [-0.1, -0.05) is 48.2 Å². The minimum Gasteiger partial charge on any atom is -0.495 e. The fourth-order valence-corrected chi connectivity index (χ4v) is 3.88. The van der Waals surface area contributed by atoms with Crippen molar-refractivity contribution in [3.8, 4) is 11.5 Å². The molecular weight excluding hydrogens is 424 g/mol. The van der Waals surface area contributed by atoms with Gasteiger partial charge < -0.3 is 19.4 Å². The number of benzene rings is 2. The molecule has 7 nitrogen and oxygen atoms in total. The van der Waals surface area contributed by atoms with Crippen molar-refractivity contribution in [1.82, 2.24) is 14.8 Å². The van der Waals surface area contributed by atoms with Crippen molar-refractivity contribution in [2.75, 3.05) is 24.8 Å². The van der Waals surface area contributed by atoms with E-state index in [-0.39, 0.29) is 11.7 Å². The molecule has 2 aromatic carbocycles. The second-order valence-electron chi connectivity index (χ2n) is 7.05. The minimum absolute atomic E-state index is 0.138. The number of methoxy groups -OCH3 is 1. The lowest BCUT2D eigenvalue weighted by molar-refractivity contribution is -0.113. The number of nitrogens with zero attached hydrogens (tertiary/aromatic N) is 3. The molecule has 32 heavy (non-hydrogen) atoms. The molecule has 1 heterocycles.